The van der Waals surface area contributed by atoms with E-state index in [9.17, 15) is 0 Å². The van der Waals surface area contributed by atoms with Gasteiger partial charge in [0.25, 0.3) is 0 Å². The van der Waals surface area contributed by atoms with Crippen LogP contribution in [0.5, 0.6) is 0 Å². The normalized spacial score (nSPS) is 24.9. The Morgan fingerprint density at radius 2 is 2.22 bits per heavy atom. The molecule has 102 valence electrons. The predicted molar refractivity (Wildman–Crippen MR) is 79.6 cm³/mol. The second-order valence-electron chi connectivity index (χ2n) is 5.56. The molecule has 0 N–H and O–H groups in total. The summed E-state index contributed by atoms with van der Waals surface area (Å²) in [5.41, 5.74) is 1.24. The molecule has 1 aliphatic heterocycles. The highest BCUT2D eigenvalue weighted by molar-refractivity contribution is 5.56. The lowest BCUT2D eigenvalue weighted by molar-refractivity contribution is 0.152. The van der Waals surface area contributed by atoms with E-state index in [2.05, 4.69) is 48.7 Å². The lowest BCUT2D eigenvalue weighted by Gasteiger charge is -2.44. The number of rotatable bonds is 5. The average Bonchev–Trinajstić information content (AvgIpc) is 2.30. The Bertz CT molecular complexity index is 320. The first-order valence-corrected chi connectivity index (χ1v) is 6.76. The molecular weight excluding hydrogens is 222 g/mol. The summed E-state index contributed by atoms with van der Waals surface area (Å²) in [6.45, 7) is 16.0. The predicted octanol–water partition coefficient (Wildman–Crippen LogP) is 3.11. The van der Waals surface area contributed by atoms with Crippen molar-refractivity contribution in [1.82, 2.24) is 9.80 Å². The molecule has 0 amide bonds. The minimum atomic E-state index is 0.442. The highest BCUT2D eigenvalue weighted by Gasteiger charge is 2.29. The molecule has 0 spiro atoms. The van der Waals surface area contributed by atoms with Crippen molar-refractivity contribution in [1.29, 1.82) is 0 Å². The molecule has 2 atom stereocenters. The molecule has 0 radical (unpaired) electrons. The maximum atomic E-state index is 4.25. The van der Waals surface area contributed by atoms with Gasteiger partial charge in [0.2, 0.25) is 0 Å². The molecule has 1 saturated heterocycles. The Hall–Kier alpha value is -1.25. The van der Waals surface area contributed by atoms with Crippen LogP contribution in [0, 0.1) is 5.92 Å². The standard InChI is InChI=1S/C15H27N3/c1-7-17(11-16-6)15-8-13(4)18(10-12(2)3)14(5)9-15/h7,11-12,14-15H,1,4,8-10H2,2-3,5-6H3. The molecular formula is C15H27N3. The van der Waals surface area contributed by atoms with E-state index in [1.54, 1.807) is 7.05 Å². The Balaban J connectivity index is 2.71. The average molecular weight is 249 g/mol. The Labute approximate surface area is 112 Å². The molecule has 1 aliphatic rings. The number of likely N-dealkylation sites (tertiary alicyclic amines) is 1. The summed E-state index contributed by atoms with van der Waals surface area (Å²) >= 11 is 0. The summed E-state index contributed by atoms with van der Waals surface area (Å²) in [5.74, 6) is 0.675. The monoisotopic (exact) mass is 249 g/mol. The summed E-state index contributed by atoms with van der Waals surface area (Å²) in [4.78, 5) is 8.64. The van der Waals surface area contributed by atoms with Crippen LogP contribution in [0.1, 0.15) is 33.6 Å². The molecule has 3 heteroatoms. The summed E-state index contributed by atoms with van der Waals surface area (Å²) < 4.78 is 0. The largest absolute Gasteiger partial charge is 0.372 e. The molecule has 1 rings (SSSR count). The van der Waals surface area contributed by atoms with Crippen molar-refractivity contribution in [2.24, 2.45) is 10.9 Å². The molecule has 1 heterocycles. The minimum absolute atomic E-state index is 0.442. The molecule has 3 nitrogen and oxygen atoms in total. The van der Waals surface area contributed by atoms with Gasteiger partial charge in [0.05, 0.1) is 6.34 Å². The van der Waals surface area contributed by atoms with Crippen molar-refractivity contribution in [2.45, 2.75) is 45.7 Å². The third-order valence-corrected chi connectivity index (χ3v) is 3.47. The third kappa shape index (κ3) is 3.62. The van der Waals surface area contributed by atoms with E-state index in [4.69, 9.17) is 0 Å². The Kier molecular flexibility index (Phi) is 5.45. The second kappa shape index (κ2) is 6.62. The number of hydrogen-bond donors (Lipinski definition) is 0. The van der Waals surface area contributed by atoms with Crippen molar-refractivity contribution < 1.29 is 0 Å². The van der Waals surface area contributed by atoms with Crippen molar-refractivity contribution in [3.8, 4) is 0 Å². The van der Waals surface area contributed by atoms with E-state index in [1.165, 1.54) is 5.70 Å². The van der Waals surface area contributed by atoms with Gasteiger partial charge >= 0.3 is 0 Å². The highest BCUT2D eigenvalue weighted by atomic mass is 15.2. The molecule has 0 aromatic carbocycles. The number of piperidine rings is 1. The first-order chi connectivity index (χ1) is 8.49. The first-order valence-electron chi connectivity index (χ1n) is 6.76. The van der Waals surface area contributed by atoms with Gasteiger partial charge in [-0.3, -0.25) is 4.99 Å². The topological polar surface area (TPSA) is 18.8 Å². The fourth-order valence-corrected chi connectivity index (χ4v) is 2.66. The van der Waals surface area contributed by atoms with E-state index < -0.39 is 0 Å². The third-order valence-electron chi connectivity index (χ3n) is 3.47. The van der Waals surface area contributed by atoms with Crippen molar-refractivity contribution >= 4 is 6.34 Å². The Morgan fingerprint density at radius 3 is 2.67 bits per heavy atom. The molecule has 0 bridgehead atoms. The number of hydrogen-bond acceptors (Lipinski definition) is 2. The van der Waals surface area contributed by atoms with Crippen molar-refractivity contribution in [3.05, 3.63) is 25.1 Å². The number of nitrogens with zero attached hydrogens (tertiary/aromatic N) is 3. The van der Waals surface area contributed by atoms with Gasteiger partial charge in [-0.15, -0.1) is 0 Å². The van der Waals surface area contributed by atoms with Gasteiger partial charge < -0.3 is 9.80 Å². The molecule has 2 unspecified atom stereocenters. The van der Waals surface area contributed by atoms with E-state index in [0.29, 0.717) is 18.0 Å². The van der Waals surface area contributed by atoms with Crippen LogP contribution in [0.2, 0.25) is 0 Å². The fraction of sp³-hybridized carbons (Fsp3) is 0.667. The van der Waals surface area contributed by atoms with Crippen molar-refractivity contribution in [3.63, 3.8) is 0 Å². The van der Waals surface area contributed by atoms with Gasteiger partial charge in [-0.2, -0.15) is 0 Å². The van der Waals surface area contributed by atoms with Crippen LogP contribution in [0.25, 0.3) is 0 Å². The molecule has 1 fully saturated rings. The van der Waals surface area contributed by atoms with E-state index in [-0.39, 0.29) is 0 Å². The van der Waals surface area contributed by atoms with Crippen molar-refractivity contribution in [2.75, 3.05) is 13.6 Å². The van der Waals surface area contributed by atoms with E-state index in [1.807, 2.05) is 12.5 Å². The molecule has 0 saturated carbocycles. The quantitative estimate of drug-likeness (QED) is 0.551. The summed E-state index contributed by atoms with van der Waals surface area (Å²) in [7, 11) is 1.79. The molecule has 18 heavy (non-hydrogen) atoms. The lowest BCUT2D eigenvalue weighted by Crippen LogP contribution is -2.46. The van der Waals surface area contributed by atoms with Gasteiger partial charge in [-0.05, 0) is 25.5 Å². The van der Waals surface area contributed by atoms with Gasteiger partial charge in [0.15, 0.2) is 0 Å². The van der Waals surface area contributed by atoms with Gasteiger partial charge in [-0.25, -0.2) is 0 Å². The molecule has 0 aromatic heterocycles. The van der Waals surface area contributed by atoms with Crippen LogP contribution in [0.3, 0.4) is 0 Å². The fourth-order valence-electron chi connectivity index (χ4n) is 2.66. The van der Waals surface area contributed by atoms with Crippen LogP contribution < -0.4 is 0 Å². The minimum Gasteiger partial charge on any atom is -0.372 e. The SMILES string of the molecule is C=CN(C=NC)C1CC(=C)N(CC(C)C)C(C)C1. The Morgan fingerprint density at radius 1 is 1.56 bits per heavy atom. The molecule has 0 aromatic rings. The van der Waals surface area contributed by atoms with E-state index >= 15 is 0 Å². The zero-order valence-electron chi connectivity index (χ0n) is 12.3. The second-order valence-corrected chi connectivity index (χ2v) is 5.56. The van der Waals surface area contributed by atoms with Gasteiger partial charge in [0.1, 0.15) is 0 Å². The van der Waals surface area contributed by atoms with Crippen LogP contribution in [0.15, 0.2) is 30.0 Å². The summed E-state index contributed by atoms with van der Waals surface area (Å²) in [5, 5.41) is 0. The van der Waals surface area contributed by atoms with Crippen LogP contribution in [-0.4, -0.2) is 41.8 Å². The molecule has 0 aliphatic carbocycles. The van der Waals surface area contributed by atoms with Crippen LogP contribution in [0.4, 0.5) is 0 Å². The maximum Gasteiger partial charge on any atom is 0.0888 e. The zero-order valence-corrected chi connectivity index (χ0v) is 12.3. The summed E-state index contributed by atoms with van der Waals surface area (Å²) in [6.07, 6.45) is 5.84. The van der Waals surface area contributed by atoms with Gasteiger partial charge in [-0.1, -0.05) is 27.0 Å². The zero-order chi connectivity index (χ0) is 13.7. The van der Waals surface area contributed by atoms with E-state index in [0.717, 1.165) is 19.4 Å². The number of aliphatic imine (C=N–C) groups is 1. The summed E-state index contributed by atoms with van der Waals surface area (Å²) in [6, 6.07) is 0.975. The smallest absolute Gasteiger partial charge is 0.0888 e. The first kappa shape index (κ1) is 14.8. The van der Waals surface area contributed by atoms with Crippen LogP contribution >= 0.6 is 0 Å². The maximum absolute atomic E-state index is 4.25. The lowest BCUT2D eigenvalue weighted by atomic mass is 9.94. The van der Waals surface area contributed by atoms with Crippen LogP contribution in [-0.2, 0) is 0 Å². The van der Waals surface area contributed by atoms with Gasteiger partial charge in [0, 0.05) is 37.8 Å². The highest BCUT2D eigenvalue weighted by Crippen LogP contribution is 2.28.